The molecule has 0 bridgehead atoms. The standard InChI is InChI=1S/C15H12Cl2N4/c16-7-14(18)19-12-3-1-2-10(6-12)13-9-21-8-11(17)4-5-15(21)20-13/h1-6,8-9H,7H2,(H2,18,19). The van der Waals surface area contributed by atoms with Crippen LogP contribution in [0.5, 0.6) is 0 Å². The first-order valence-electron chi connectivity index (χ1n) is 6.29. The second-order valence-corrected chi connectivity index (χ2v) is 5.23. The molecular formula is C15H12Cl2N4. The Morgan fingerprint density at radius 2 is 2.10 bits per heavy atom. The number of hydrogen-bond acceptors (Lipinski definition) is 2. The highest BCUT2D eigenvalue weighted by Crippen LogP contribution is 2.24. The average molecular weight is 319 g/mol. The van der Waals surface area contributed by atoms with Crippen molar-refractivity contribution in [3.63, 3.8) is 0 Å². The van der Waals surface area contributed by atoms with Gasteiger partial charge in [-0.3, -0.25) is 0 Å². The largest absolute Gasteiger partial charge is 0.386 e. The van der Waals surface area contributed by atoms with Gasteiger partial charge in [0.2, 0.25) is 0 Å². The van der Waals surface area contributed by atoms with E-state index >= 15 is 0 Å². The van der Waals surface area contributed by atoms with Crippen molar-refractivity contribution in [3.8, 4) is 11.3 Å². The molecule has 0 saturated carbocycles. The van der Waals surface area contributed by atoms with E-state index in [1.807, 2.05) is 53.2 Å². The number of aromatic nitrogens is 2. The van der Waals surface area contributed by atoms with E-state index in [1.165, 1.54) is 0 Å². The van der Waals surface area contributed by atoms with Gasteiger partial charge in [0.15, 0.2) is 0 Å². The zero-order valence-electron chi connectivity index (χ0n) is 11.0. The Morgan fingerprint density at radius 3 is 2.90 bits per heavy atom. The van der Waals surface area contributed by atoms with Crippen molar-refractivity contribution in [2.24, 2.45) is 10.7 Å². The summed E-state index contributed by atoms with van der Waals surface area (Å²) >= 11 is 11.6. The molecule has 0 spiro atoms. The van der Waals surface area contributed by atoms with E-state index in [1.54, 1.807) is 0 Å². The van der Waals surface area contributed by atoms with Crippen LogP contribution in [0.15, 0.2) is 53.8 Å². The van der Waals surface area contributed by atoms with Crippen LogP contribution >= 0.6 is 23.2 Å². The quantitative estimate of drug-likeness (QED) is 0.452. The SMILES string of the molecule is NC(CCl)=Nc1cccc(-c2cn3cc(Cl)ccc3n2)c1. The molecule has 2 aromatic heterocycles. The van der Waals surface area contributed by atoms with E-state index < -0.39 is 0 Å². The maximum atomic E-state index is 5.98. The lowest BCUT2D eigenvalue weighted by Gasteiger charge is -2.00. The van der Waals surface area contributed by atoms with Gasteiger partial charge in [-0.15, -0.1) is 11.6 Å². The van der Waals surface area contributed by atoms with Crippen LogP contribution < -0.4 is 5.73 Å². The lowest BCUT2D eigenvalue weighted by molar-refractivity contribution is 1.19. The Bertz CT molecular complexity index is 823. The fourth-order valence-electron chi connectivity index (χ4n) is 2.03. The molecule has 0 amide bonds. The van der Waals surface area contributed by atoms with Crippen molar-refractivity contribution < 1.29 is 0 Å². The van der Waals surface area contributed by atoms with Gasteiger partial charge in [0.05, 0.1) is 22.3 Å². The average Bonchev–Trinajstić information content (AvgIpc) is 2.90. The molecule has 4 nitrogen and oxygen atoms in total. The summed E-state index contributed by atoms with van der Waals surface area (Å²) in [5.74, 6) is 0.590. The molecule has 0 aliphatic rings. The second kappa shape index (κ2) is 5.76. The molecule has 0 atom stereocenters. The van der Waals surface area contributed by atoms with E-state index in [-0.39, 0.29) is 5.88 Å². The number of rotatable bonds is 3. The summed E-state index contributed by atoms with van der Waals surface area (Å²) in [5, 5.41) is 0.666. The Morgan fingerprint density at radius 1 is 1.24 bits per heavy atom. The number of aliphatic imine (C=N–C) groups is 1. The Balaban J connectivity index is 2.04. The van der Waals surface area contributed by atoms with Gasteiger partial charge in [0.25, 0.3) is 0 Å². The molecule has 1 aromatic carbocycles. The van der Waals surface area contributed by atoms with Crippen LogP contribution in [-0.4, -0.2) is 21.1 Å². The van der Waals surface area contributed by atoms with Crippen LogP contribution in [0.4, 0.5) is 5.69 Å². The van der Waals surface area contributed by atoms with Crippen LogP contribution in [0.1, 0.15) is 0 Å². The lowest BCUT2D eigenvalue weighted by atomic mass is 10.1. The Kier molecular flexibility index (Phi) is 3.82. The normalized spacial score (nSPS) is 12.0. The van der Waals surface area contributed by atoms with Crippen molar-refractivity contribution in [2.45, 2.75) is 0 Å². The van der Waals surface area contributed by atoms with Crippen LogP contribution in [-0.2, 0) is 0 Å². The summed E-state index contributed by atoms with van der Waals surface area (Å²) in [7, 11) is 0. The van der Waals surface area contributed by atoms with Gasteiger partial charge < -0.3 is 10.1 Å². The van der Waals surface area contributed by atoms with Gasteiger partial charge in [-0.25, -0.2) is 9.98 Å². The molecule has 2 N–H and O–H groups in total. The first kappa shape index (κ1) is 13.9. The smallest absolute Gasteiger partial charge is 0.137 e. The third-order valence-electron chi connectivity index (χ3n) is 2.97. The Labute approximate surface area is 131 Å². The van der Waals surface area contributed by atoms with Crippen LogP contribution in [0.2, 0.25) is 5.02 Å². The summed E-state index contributed by atoms with van der Waals surface area (Å²) < 4.78 is 1.89. The summed E-state index contributed by atoms with van der Waals surface area (Å²) in [6.07, 6.45) is 3.75. The number of alkyl halides is 1. The molecule has 106 valence electrons. The lowest BCUT2D eigenvalue weighted by Crippen LogP contribution is -2.12. The molecule has 0 unspecified atom stereocenters. The van der Waals surface area contributed by atoms with E-state index in [0.29, 0.717) is 10.9 Å². The molecule has 0 aliphatic heterocycles. The van der Waals surface area contributed by atoms with E-state index in [2.05, 4.69) is 9.98 Å². The molecule has 21 heavy (non-hydrogen) atoms. The molecule has 3 rings (SSSR count). The number of halogens is 2. The topological polar surface area (TPSA) is 55.7 Å². The van der Waals surface area contributed by atoms with E-state index in [0.717, 1.165) is 22.6 Å². The fourth-order valence-corrected chi connectivity index (χ4v) is 2.26. The van der Waals surface area contributed by atoms with Gasteiger partial charge in [0.1, 0.15) is 11.5 Å². The monoisotopic (exact) mass is 318 g/mol. The number of pyridine rings is 1. The third-order valence-corrected chi connectivity index (χ3v) is 3.46. The van der Waals surface area contributed by atoms with Gasteiger partial charge >= 0.3 is 0 Å². The highest BCUT2D eigenvalue weighted by molar-refractivity contribution is 6.30. The second-order valence-electron chi connectivity index (χ2n) is 4.53. The molecule has 3 aromatic rings. The van der Waals surface area contributed by atoms with Crippen LogP contribution in [0, 0.1) is 0 Å². The van der Waals surface area contributed by atoms with Crippen molar-refractivity contribution in [3.05, 3.63) is 53.8 Å². The molecular weight excluding hydrogens is 307 g/mol. The fraction of sp³-hybridized carbons (Fsp3) is 0.0667. The highest BCUT2D eigenvalue weighted by Gasteiger charge is 2.05. The zero-order chi connectivity index (χ0) is 14.8. The van der Waals surface area contributed by atoms with Crippen molar-refractivity contribution in [1.29, 1.82) is 0 Å². The maximum absolute atomic E-state index is 5.98. The predicted octanol–water partition coefficient (Wildman–Crippen LogP) is 3.88. The molecule has 0 fully saturated rings. The molecule has 0 radical (unpaired) electrons. The summed E-state index contributed by atoms with van der Waals surface area (Å²) in [6, 6.07) is 11.4. The summed E-state index contributed by atoms with van der Waals surface area (Å²) in [4.78, 5) is 8.80. The van der Waals surface area contributed by atoms with Crippen molar-refractivity contribution in [2.75, 3.05) is 5.88 Å². The molecule has 2 heterocycles. The number of benzene rings is 1. The molecule has 0 saturated heterocycles. The predicted molar refractivity (Wildman–Crippen MR) is 87.6 cm³/mol. The number of nitrogens with two attached hydrogens (primary N) is 1. The third kappa shape index (κ3) is 3.01. The van der Waals surface area contributed by atoms with E-state index in [4.69, 9.17) is 28.9 Å². The van der Waals surface area contributed by atoms with Gasteiger partial charge in [-0.1, -0.05) is 23.7 Å². The van der Waals surface area contributed by atoms with E-state index in [9.17, 15) is 0 Å². The molecule has 6 heteroatoms. The minimum absolute atomic E-state index is 0.205. The minimum atomic E-state index is 0.205. The van der Waals surface area contributed by atoms with Gasteiger partial charge in [0, 0.05) is 18.0 Å². The summed E-state index contributed by atoms with van der Waals surface area (Å²) in [5.41, 5.74) is 9.05. The Hall–Kier alpha value is -2.04. The van der Waals surface area contributed by atoms with Crippen LogP contribution in [0.3, 0.4) is 0 Å². The summed E-state index contributed by atoms with van der Waals surface area (Å²) in [6.45, 7) is 0. The maximum Gasteiger partial charge on any atom is 0.137 e. The zero-order valence-corrected chi connectivity index (χ0v) is 12.5. The molecule has 0 aliphatic carbocycles. The van der Waals surface area contributed by atoms with Gasteiger partial charge in [-0.2, -0.15) is 0 Å². The number of fused-ring (bicyclic) bond motifs is 1. The highest BCUT2D eigenvalue weighted by atomic mass is 35.5. The van der Waals surface area contributed by atoms with Gasteiger partial charge in [-0.05, 0) is 24.3 Å². The van der Waals surface area contributed by atoms with Crippen molar-refractivity contribution in [1.82, 2.24) is 9.38 Å². The minimum Gasteiger partial charge on any atom is -0.386 e. The first-order chi connectivity index (χ1) is 10.2. The number of amidine groups is 1. The first-order valence-corrected chi connectivity index (χ1v) is 7.20. The van der Waals surface area contributed by atoms with Crippen molar-refractivity contribution >= 4 is 40.4 Å². The number of nitrogens with zero attached hydrogens (tertiary/aromatic N) is 3. The number of hydrogen-bond donors (Lipinski definition) is 1. The number of imidazole rings is 1. The van der Waals surface area contributed by atoms with Crippen LogP contribution in [0.25, 0.3) is 16.9 Å².